The first kappa shape index (κ1) is 15.4. The maximum Gasteiger partial charge on any atom is 0.271 e. The van der Waals surface area contributed by atoms with Gasteiger partial charge < -0.3 is 5.32 Å². The van der Waals surface area contributed by atoms with Crippen molar-refractivity contribution in [1.82, 2.24) is 4.90 Å². The summed E-state index contributed by atoms with van der Waals surface area (Å²) in [6.45, 7) is 3.53. The molecule has 7 nitrogen and oxygen atoms in total. The average Bonchev–Trinajstić information content (AvgIpc) is 2.66. The molecule has 2 amide bonds. The van der Waals surface area contributed by atoms with Crippen LogP contribution in [0.4, 0.5) is 11.4 Å². The number of benzene rings is 1. The molecule has 1 aromatic carbocycles. The number of amides is 2. The van der Waals surface area contributed by atoms with Crippen LogP contribution >= 0.6 is 15.9 Å². The molecule has 0 radical (unpaired) electrons. The first-order valence-corrected chi connectivity index (χ1v) is 7.17. The van der Waals surface area contributed by atoms with Gasteiger partial charge in [0.2, 0.25) is 5.91 Å². The molecule has 1 atom stereocenters. The molecule has 1 heterocycles. The summed E-state index contributed by atoms with van der Waals surface area (Å²) in [6, 6.07) is 3.32. The highest BCUT2D eigenvalue weighted by Gasteiger charge is 2.40. The number of halogens is 1. The zero-order valence-electron chi connectivity index (χ0n) is 11.5. The predicted molar refractivity (Wildman–Crippen MR) is 79.8 cm³/mol. The van der Waals surface area contributed by atoms with E-state index in [9.17, 15) is 19.7 Å². The minimum Gasteiger partial charge on any atom is -0.372 e. The number of rotatable bonds is 4. The Morgan fingerprint density at radius 2 is 2.10 bits per heavy atom. The molecule has 1 unspecified atom stereocenters. The quantitative estimate of drug-likeness (QED) is 0.508. The summed E-state index contributed by atoms with van der Waals surface area (Å²) >= 11 is 3.27. The van der Waals surface area contributed by atoms with Crippen molar-refractivity contribution in [2.45, 2.75) is 32.4 Å². The maximum atomic E-state index is 12.2. The first-order chi connectivity index (χ1) is 9.81. The van der Waals surface area contributed by atoms with Gasteiger partial charge in [0.1, 0.15) is 6.04 Å². The largest absolute Gasteiger partial charge is 0.372 e. The van der Waals surface area contributed by atoms with Gasteiger partial charge in [0.15, 0.2) is 0 Å². The predicted octanol–water partition coefficient (Wildman–Crippen LogP) is 2.31. The Labute approximate surface area is 129 Å². The van der Waals surface area contributed by atoms with Crippen molar-refractivity contribution >= 4 is 39.1 Å². The lowest BCUT2D eigenvalue weighted by atomic mass is 10.2. The number of nitro groups is 1. The van der Waals surface area contributed by atoms with E-state index in [1.807, 2.05) is 0 Å². The van der Waals surface area contributed by atoms with E-state index in [1.165, 1.54) is 23.1 Å². The molecule has 1 fully saturated rings. The van der Waals surface area contributed by atoms with Gasteiger partial charge in [-0.25, -0.2) is 0 Å². The molecule has 0 aliphatic carbocycles. The van der Waals surface area contributed by atoms with Gasteiger partial charge in [-0.3, -0.25) is 24.6 Å². The zero-order chi connectivity index (χ0) is 15.7. The fourth-order valence-corrected chi connectivity index (χ4v) is 2.59. The van der Waals surface area contributed by atoms with Crippen LogP contribution < -0.4 is 5.32 Å². The van der Waals surface area contributed by atoms with Crippen LogP contribution in [0, 0.1) is 10.1 Å². The molecule has 21 heavy (non-hydrogen) atoms. The number of imide groups is 1. The number of non-ortho nitro benzene ring substituents is 1. The summed E-state index contributed by atoms with van der Waals surface area (Å²) < 4.78 is 0.594. The Morgan fingerprint density at radius 3 is 2.62 bits per heavy atom. The first-order valence-electron chi connectivity index (χ1n) is 6.37. The molecule has 1 aliphatic rings. The van der Waals surface area contributed by atoms with E-state index in [2.05, 4.69) is 21.2 Å². The van der Waals surface area contributed by atoms with Crippen molar-refractivity contribution in [1.29, 1.82) is 0 Å². The number of nitrogens with zero attached hydrogens (tertiary/aromatic N) is 2. The van der Waals surface area contributed by atoms with E-state index in [1.54, 1.807) is 13.8 Å². The number of hydrogen-bond donors (Lipinski definition) is 1. The van der Waals surface area contributed by atoms with Gasteiger partial charge in [0.05, 0.1) is 17.0 Å². The molecule has 112 valence electrons. The van der Waals surface area contributed by atoms with Crippen molar-refractivity contribution in [3.05, 3.63) is 32.8 Å². The summed E-state index contributed by atoms with van der Waals surface area (Å²) in [5.41, 5.74) is 0.333. The van der Waals surface area contributed by atoms with Crippen molar-refractivity contribution in [3.63, 3.8) is 0 Å². The summed E-state index contributed by atoms with van der Waals surface area (Å²) in [5, 5.41) is 13.7. The lowest BCUT2D eigenvalue weighted by Crippen LogP contribution is -2.39. The lowest BCUT2D eigenvalue weighted by molar-refractivity contribution is -0.384. The van der Waals surface area contributed by atoms with Gasteiger partial charge in [0, 0.05) is 22.6 Å². The molecule has 0 spiro atoms. The minimum atomic E-state index is -0.696. The van der Waals surface area contributed by atoms with E-state index in [-0.39, 0.29) is 30.0 Å². The molecule has 2 rings (SSSR count). The fourth-order valence-electron chi connectivity index (χ4n) is 2.23. The molecule has 1 saturated heterocycles. The van der Waals surface area contributed by atoms with E-state index in [4.69, 9.17) is 0 Å². The third kappa shape index (κ3) is 3.05. The fraction of sp³-hybridized carbons (Fsp3) is 0.385. The topological polar surface area (TPSA) is 92.6 Å². The molecule has 1 aliphatic heterocycles. The smallest absolute Gasteiger partial charge is 0.271 e. The van der Waals surface area contributed by atoms with Gasteiger partial charge in [-0.1, -0.05) is 0 Å². The van der Waals surface area contributed by atoms with Gasteiger partial charge in [-0.2, -0.15) is 0 Å². The summed E-state index contributed by atoms with van der Waals surface area (Å²) in [4.78, 5) is 35.5. The highest BCUT2D eigenvalue weighted by atomic mass is 79.9. The third-order valence-electron chi connectivity index (χ3n) is 3.19. The lowest BCUT2D eigenvalue weighted by Gasteiger charge is -2.19. The number of likely N-dealkylation sites (tertiary alicyclic amines) is 1. The van der Waals surface area contributed by atoms with E-state index >= 15 is 0 Å². The highest BCUT2D eigenvalue weighted by Crippen LogP contribution is 2.29. The van der Waals surface area contributed by atoms with Crippen LogP contribution in [-0.4, -0.2) is 33.7 Å². The number of nitro benzene ring substituents is 1. The number of nitrogens with one attached hydrogen (secondary N) is 1. The molecule has 1 N–H and O–H groups in total. The van der Waals surface area contributed by atoms with Crippen LogP contribution in [-0.2, 0) is 9.59 Å². The van der Waals surface area contributed by atoms with Crippen LogP contribution in [0.3, 0.4) is 0 Å². The van der Waals surface area contributed by atoms with Gasteiger partial charge in [-0.15, -0.1) is 0 Å². The summed E-state index contributed by atoms with van der Waals surface area (Å²) in [7, 11) is 0. The van der Waals surface area contributed by atoms with Crippen LogP contribution in [0.5, 0.6) is 0 Å². The summed E-state index contributed by atoms with van der Waals surface area (Å²) in [5.74, 6) is -0.553. The zero-order valence-corrected chi connectivity index (χ0v) is 13.1. The van der Waals surface area contributed by atoms with E-state index in [0.717, 1.165) is 0 Å². The standard InChI is InChI=1S/C13H14BrN3O4/c1-7(2)16-12(18)6-11(13(16)19)15-10-5-8(17(20)21)3-4-9(10)14/h3-5,7,11,15H,6H2,1-2H3. The average molecular weight is 356 g/mol. The highest BCUT2D eigenvalue weighted by molar-refractivity contribution is 9.10. The Balaban J connectivity index is 2.23. The second-order valence-electron chi connectivity index (χ2n) is 5.02. The number of carbonyl (C=O) groups is 2. The maximum absolute atomic E-state index is 12.2. The third-order valence-corrected chi connectivity index (χ3v) is 3.88. The molecular weight excluding hydrogens is 342 g/mol. The number of anilines is 1. The second-order valence-corrected chi connectivity index (χ2v) is 5.87. The van der Waals surface area contributed by atoms with Crippen molar-refractivity contribution in [2.75, 3.05) is 5.32 Å². The van der Waals surface area contributed by atoms with Crippen LogP contribution in [0.15, 0.2) is 22.7 Å². The Morgan fingerprint density at radius 1 is 1.43 bits per heavy atom. The monoisotopic (exact) mass is 355 g/mol. The van der Waals surface area contributed by atoms with Crippen molar-refractivity contribution < 1.29 is 14.5 Å². The molecule has 8 heteroatoms. The Bertz CT molecular complexity index is 617. The van der Waals surface area contributed by atoms with Crippen LogP contribution in [0.1, 0.15) is 20.3 Å². The minimum absolute atomic E-state index is 0.0478. The molecule has 1 aromatic rings. The Hall–Kier alpha value is -1.96. The molecular formula is C13H14BrN3O4. The molecule has 0 saturated carbocycles. The summed E-state index contributed by atoms with van der Waals surface area (Å²) in [6.07, 6.45) is 0.0478. The number of hydrogen-bond acceptors (Lipinski definition) is 5. The normalized spacial score (nSPS) is 18.5. The van der Waals surface area contributed by atoms with Gasteiger partial charge >= 0.3 is 0 Å². The SMILES string of the molecule is CC(C)N1C(=O)CC(Nc2cc([N+](=O)[O-])ccc2Br)C1=O. The van der Waals surface area contributed by atoms with Crippen molar-refractivity contribution in [3.8, 4) is 0 Å². The van der Waals surface area contributed by atoms with Gasteiger partial charge in [0.25, 0.3) is 11.6 Å². The van der Waals surface area contributed by atoms with Gasteiger partial charge in [-0.05, 0) is 35.8 Å². The van der Waals surface area contributed by atoms with Crippen LogP contribution in [0.25, 0.3) is 0 Å². The second kappa shape index (κ2) is 5.80. The van der Waals surface area contributed by atoms with Crippen molar-refractivity contribution in [2.24, 2.45) is 0 Å². The Kier molecular flexibility index (Phi) is 4.26. The molecule has 0 aromatic heterocycles. The number of carbonyl (C=O) groups excluding carboxylic acids is 2. The van der Waals surface area contributed by atoms with Crippen LogP contribution in [0.2, 0.25) is 0 Å². The van der Waals surface area contributed by atoms with E-state index < -0.39 is 11.0 Å². The molecule has 0 bridgehead atoms. The van der Waals surface area contributed by atoms with E-state index in [0.29, 0.717) is 10.2 Å².